The Kier molecular flexibility index (Phi) is 5.65. The van der Waals surface area contributed by atoms with Gasteiger partial charge in [0.1, 0.15) is 0 Å². The molecule has 0 aliphatic rings. The fraction of sp³-hybridized carbons (Fsp3) is 0.615. The van der Waals surface area contributed by atoms with E-state index in [1.54, 1.807) is 11.3 Å². The third kappa shape index (κ3) is 4.13. The first-order chi connectivity index (χ1) is 8.08. The topological polar surface area (TPSA) is 32.3 Å². The summed E-state index contributed by atoms with van der Waals surface area (Å²) < 4.78 is 0. The number of nitrogens with one attached hydrogen (secondary N) is 1. The van der Waals surface area contributed by atoms with Gasteiger partial charge in [0, 0.05) is 9.75 Å². The average molecular weight is 254 g/mol. The predicted molar refractivity (Wildman–Crippen MR) is 73.3 cm³/mol. The molecule has 0 aliphatic carbocycles. The van der Waals surface area contributed by atoms with Crippen molar-refractivity contribution in [3.63, 3.8) is 0 Å². The normalized spacial score (nSPS) is 12.8. The van der Waals surface area contributed by atoms with Crippen LogP contribution < -0.4 is 5.32 Å². The molecule has 1 atom stereocenters. The maximum atomic E-state index is 11.9. The Morgan fingerprint density at radius 1 is 1.35 bits per heavy atom. The number of likely N-dealkylation sites (N-methyl/N-ethyl adjacent to an activating group) is 1. The first-order valence-electron chi connectivity index (χ1n) is 6.10. The van der Waals surface area contributed by atoms with E-state index in [2.05, 4.69) is 24.4 Å². The molecule has 3 nitrogen and oxygen atoms in total. The highest BCUT2D eigenvalue weighted by atomic mass is 32.1. The van der Waals surface area contributed by atoms with Crippen molar-refractivity contribution in [1.29, 1.82) is 0 Å². The largest absolute Gasteiger partial charge is 0.350 e. The first kappa shape index (κ1) is 14.2. The van der Waals surface area contributed by atoms with Gasteiger partial charge in [0.25, 0.3) is 0 Å². The van der Waals surface area contributed by atoms with Gasteiger partial charge in [0.15, 0.2) is 0 Å². The summed E-state index contributed by atoms with van der Waals surface area (Å²) in [6.45, 7) is 4.83. The lowest BCUT2D eigenvalue weighted by Gasteiger charge is -2.21. The van der Waals surface area contributed by atoms with Gasteiger partial charge in [0.05, 0.1) is 12.6 Å². The number of amides is 1. The lowest BCUT2D eigenvalue weighted by molar-refractivity contribution is -0.125. The fourth-order valence-electron chi connectivity index (χ4n) is 1.78. The second-order valence-corrected chi connectivity index (χ2v) is 5.58. The predicted octanol–water partition coefficient (Wildman–Crippen LogP) is 2.27. The third-order valence-corrected chi connectivity index (χ3v) is 4.04. The fourth-order valence-corrected chi connectivity index (χ4v) is 2.68. The molecule has 1 rings (SSSR count). The number of carbonyl (C=O) groups is 1. The molecule has 17 heavy (non-hydrogen) atoms. The summed E-state index contributed by atoms with van der Waals surface area (Å²) in [4.78, 5) is 16.5. The molecule has 0 bridgehead atoms. The molecule has 0 aromatic carbocycles. The highest BCUT2D eigenvalue weighted by Gasteiger charge is 2.17. The monoisotopic (exact) mass is 254 g/mol. The lowest BCUT2D eigenvalue weighted by atomic mass is 10.2. The van der Waals surface area contributed by atoms with Crippen molar-refractivity contribution in [2.75, 3.05) is 14.1 Å². The van der Waals surface area contributed by atoms with Crippen LogP contribution in [-0.4, -0.2) is 30.9 Å². The van der Waals surface area contributed by atoms with Crippen LogP contribution in [0.15, 0.2) is 12.1 Å². The van der Waals surface area contributed by atoms with Crippen LogP contribution in [0.4, 0.5) is 0 Å². The Balaban J connectivity index is 2.47. The van der Waals surface area contributed by atoms with Gasteiger partial charge < -0.3 is 5.32 Å². The van der Waals surface area contributed by atoms with Crippen molar-refractivity contribution in [3.05, 3.63) is 21.9 Å². The standard InChI is InChI=1S/C13H22N2OS/c1-5-10-7-8-11(17-10)9-14-13(16)12(6-2)15(3)4/h7-8,12H,5-6,9H2,1-4H3,(H,14,16)/t12-/m1/s1. The Bertz CT molecular complexity index is 360. The molecule has 96 valence electrons. The molecule has 1 N–H and O–H groups in total. The van der Waals surface area contributed by atoms with Crippen molar-refractivity contribution in [2.45, 2.75) is 39.3 Å². The molecule has 0 unspecified atom stereocenters. The molecule has 4 heteroatoms. The maximum Gasteiger partial charge on any atom is 0.237 e. The Morgan fingerprint density at radius 2 is 2.00 bits per heavy atom. The van der Waals surface area contributed by atoms with Crippen molar-refractivity contribution >= 4 is 17.2 Å². The zero-order chi connectivity index (χ0) is 12.8. The first-order valence-corrected chi connectivity index (χ1v) is 6.91. The highest BCUT2D eigenvalue weighted by Crippen LogP contribution is 2.16. The second kappa shape index (κ2) is 6.77. The van der Waals surface area contributed by atoms with Gasteiger partial charge in [-0.3, -0.25) is 9.69 Å². The quantitative estimate of drug-likeness (QED) is 0.844. The summed E-state index contributed by atoms with van der Waals surface area (Å²) in [6, 6.07) is 4.20. The molecule has 0 saturated heterocycles. The SMILES string of the molecule is CCc1ccc(CNC(=O)[C@@H](CC)N(C)C)s1. The Morgan fingerprint density at radius 3 is 2.47 bits per heavy atom. The molecular formula is C13H22N2OS. The van der Waals surface area contributed by atoms with Gasteiger partial charge in [-0.25, -0.2) is 0 Å². The molecule has 0 aliphatic heterocycles. The van der Waals surface area contributed by atoms with Gasteiger partial charge in [0.2, 0.25) is 5.91 Å². The van der Waals surface area contributed by atoms with Crippen LogP contribution in [0.3, 0.4) is 0 Å². The second-order valence-electron chi connectivity index (χ2n) is 4.33. The van der Waals surface area contributed by atoms with E-state index in [1.165, 1.54) is 9.75 Å². The van der Waals surface area contributed by atoms with E-state index < -0.39 is 0 Å². The van der Waals surface area contributed by atoms with E-state index in [-0.39, 0.29) is 11.9 Å². The molecule has 0 fully saturated rings. The molecule has 0 radical (unpaired) electrons. The minimum atomic E-state index is -0.0272. The van der Waals surface area contributed by atoms with Crippen LogP contribution in [0.5, 0.6) is 0 Å². The Labute approximate surface area is 108 Å². The maximum absolute atomic E-state index is 11.9. The van der Waals surface area contributed by atoms with Crippen LogP contribution in [0.1, 0.15) is 30.0 Å². The van der Waals surface area contributed by atoms with Gasteiger partial charge in [-0.1, -0.05) is 13.8 Å². The molecule has 0 saturated carbocycles. The average Bonchev–Trinajstić information content (AvgIpc) is 2.74. The number of aryl methyl sites for hydroxylation is 1. The van der Waals surface area contributed by atoms with Crippen LogP contribution in [0.25, 0.3) is 0 Å². The third-order valence-electron chi connectivity index (χ3n) is 2.82. The van der Waals surface area contributed by atoms with E-state index in [1.807, 2.05) is 25.9 Å². The zero-order valence-electron chi connectivity index (χ0n) is 11.1. The van der Waals surface area contributed by atoms with Crippen LogP contribution in [0.2, 0.25) is 0 Å². The van der Waals surface area contributed by atoms with Crippen molar-refractivity contribution in [3.8, 4) is 0 Å². The van der Waals surface area contributed by atoms with Gasteiger partial charge in [-0.15, -0.1) is 11.3 Å². The minimum absolute atomic E-state index is 0.0272. The van der Waals surface area contributed by atoms with Crippen LogP contribution in [0, 0.1) is 0 Å². The van der Waals surface area contributed by atoms with Crippen molar-refractivity contribution in [1.82, 2.24) is 10.2 Å². The summed E-state index contributed by atoms with van der Waals surface area (Å²) in [5, 5.41) is 3.00. The summed E-state index contributed by atoms with van der Waals surface area (Å²) in [6.07, 6.45) is 1.90. The zero-order valence-corrected chi connectivity index (χ0v) is 11.9. The van der Waals surface area contributed by atoms with Crippen molar-refractivity contribution in [2.24, 2.45) is 0 Å². The van der Waals surface area contributed by atoms with Crippen LogP contribution >= 0.6 is 11.3 Å². The molecule has 1 aromatic heterocycles. The van der Waals surface area contributed by atoms with Gasteiger partial charge in [-0.2, -0.15) is 0 Å². The molecule has 1 heterocycles. The summed E-state index contributed by atoms with van der Waals surface area (Å²) in [5.74, 6) is 0.115. The van der Waals surface area contributed by atoms with Gasteiger partial charge in [-0.05, 0) is 39.1 Å². The van der Waals surface area contributed by atoms with Crippen LogP contribution in [-0.2, 0) is 17.8 Å². The van der Waals surface area contributed by atoms with E-state index in [0.717, 1.165) is 12.8 Å². The minimum Gasteiger partial charge on any atom is -0.350 e. The molecular weight excluding hydrogens is 232 g/mol. The number of thiophene rings is 1. The smallest absolute Gasteiger partial charge is 0.237 e. The molecule has 0 spiro atoms. The molecule has 1 aromatic rings. The van der Waals surface area contributed by atoms with Gasteiger partial charge >= 0.3 is 0 Å². The number of carbonyl (C=O) groups excluding carboxylic acids is 1. The number of hydrogen-bond acceptors (Lipinski definition) is 3. The highest BCUT2D eigenvalue weighted by molar-refractivity contribution is 7.11. The molecule has 1 amide bonds. The summed E-state index contributed by atoms with van der Waals surface area (Å²) in [5.41, 5.74) is 0. The van der Waals surface area contributed by atoms with E-state index >= 15 is 0 Å². The number of rotatable bonds is 6. The lowest BCUT2D eigenvalue weighted by Crippen LogP contribution is -2.42. The van der Waals surface area contributed by atoms with Crippen molar-refractivity contribution < 1.29 is 4.79 Å². The Hall–Kier alpha value is -0.870. The summed E-state index contributed by atoms with van der Waals surface area (Å²) >= 11 is 1.77. The number of hydrogen-bond donors (Lipinski definition) is 1. The summed E-state index contributed by atoms with van der Waals surface area (Å²) in [7, 11) is 3.88. The van der Waals surface area contributed by atoms with E-state index in [9.17, 15) is 4.79 Å². The van der Waals surface area contributed by atoms with E-state index in [0.29, 0.717) is 6.54 Å². The van der Waals surface area contributed by atoms with E-state index in [4.69, 9.17) is 0 Å². The number of nitrogens with zero attached hydrogens (tertiary/aromatic N) is 1.